The maximum absolute atomic E-state index is 9.41. The monoisotopic (exact) mass is 289 g/mol. The summed E-state index contributed by atoms with van der Waals surface area (Å²) in [4.78, 5) is 1.03. The lowest BCUT2D eigenvalue weighted by molar-refractivity contribution is 0.100. The van der Waals surface area contributed by atoms with Gasteiger partial charge in [0.15, 0.2) is 0 Å². The van der Waals surface area contributed by atoms with Crippen LogP contribution in [-0.2, 0) is 0 Å². The van der Waals surface area contributed by atoms with Crippen LogP contribution in [0.15, 0.2) is 23.1 Å². The Kier molecular flexibility index (Phi) is 5.37. The van der Waals surface area contributed by atoms with Crippen molar-refractivity contribution in [2.45, 2.75) is 51.0 Å². The van der Waals surface area contributed by atoms with Crippen LogP contribution in [0.2, 0.25) is 0 Å². The van der Waals surface area contributed by atoms with E-state index in [0.29, 0.717) is 11.5 Å². The van der Waals surface area contributed by atoms with Crippen molar-refractivity contribution < 1.29 is 4.74 Å². The van der Waals surface area contributed by atoms with Crippen LogP contribution in [0.5, 0.6) is 5.75 Å². The molecule has 0 bridgehead atoms. The molecule has 0 N–H and O–H groups in total. The van der Waals surface area contributed by atoms with E-state index in [1.54, 1.807) is 11.8 Å². The van der Waals surface area contributed by atoms with Crippen molar-refractivity contribution in [1.29, 1.82) is 5.26 Å². The van der Waals surface area contributed by atoms with Crippen LogP contribution in [0.25, 0.3) is 0 Å². The zero-order valence-corrected chi connectivity index (χ0v) is 13.4. The van der Waals surface area contributed by atoms with Gasteiger partial charge in [0.25, 0.3) is 0 Å². The van der Waals surface area contributed by atoms with Crippen LogP contribution in [-0.4, -0.2) is 11.9 Å². The Morgan fingerprint density at radius 3 is 2.75 bits per heavy atom. The number of nitriles is 1. The lowest BCUT2D eigenvalue weighted by atomic mass is 9.80. The van der Waals surface area contributed by atoms with Gasteiger partial charge in [-0.3, -0.25) is 0 Å². The Balaban J connectivity index is 2.13. The molecule has 0 aliphatic heterocycles. The third-order valence-corrected chi connectivity index (χ3v) is 5.18. The highest BCUT2D eigenvalue weighted by Crippen LogP contribution is 2.35. The van der Waals surface area contributed by atoms with Crippen molar-refractivity contribution in [2.24, 2.45) is 11.8 Å². The normalized spacial score (nSPS) is 26.0. The summed E-state index contributed by atoms with van der Waals surface area (Å²) in [6, 6.07) is 8.24. The van der Waals surface area contributed by atoms with Gasteiger partial charge in [-0.2, -0.15) is 5.26 Å². The van der Waals surface area contributed by atoms with E-state index in [1.807, 2.05) is 18.2 Å². The fraction of sp³-hybridized carbons (Fsp3) is 0.588. The number of nitrogens with zero attached hydrogens (tertiary/aromatic N) is 1. The zero-order chi connectivity index (χ0) is 14.5. The second kappa shape index (κ2) is 7.04. The van der Waals surface area contributed by atoms with Gasteiger partial charge in [0.2, 0.25) is 0 Å². The van der Waals surface area contributed by atoms with Gasteiger partial charge in [-0.1, -0.05) is 26.8 Å². The molecule has 3 heteroatoms. The van der Waals surface area contributed by atoms with Gasteiger partial charge in [-0.25, -0.2) is 0 Å². The third-order valence-electron chi connectivity index (χ3n) is 4.24. The maximum atomic E-state index is 9.41. The maximum Gasteiger partial charge on any atom is 0.138 e. The highest BCUT2D eigenvalue weighted by atomic mass is 32.2. The highest BCUT2D eigenvalue weighted by molar-refractivity contribution is 7.99. The van der Waals surface area contributed by atoms with Crippen molar-refractivity contribution >= 4 is 11.8 Å². The number of rotatable bonds is 4. The Morgan fingerprint density at radius 1 is 1.30 bits per heavy atom. The van der Waals surface area contributed by atoms with E-state index >= 15 is 0 Å². The van der Waals surface area contributed by atoms with E-state index in [0.717, 1.165) is 35.2 Å². The number of hydrogen-bond donors (Lipinski definition) is 0. The van der Waals surface area contributed by atoms with Crippen molar-refractivity contribution in [3.8, 4) is 11.8 Å². The molecule has 1 fully saturated rings. The average molecular weight is 289 g/mol. The summed E-state index contributed by atoms with van der Waals surface area (Å²) in [6.07, 6.45) is 3.67. The average Bonchev–Trinajstić information content (AvgIpc) is 2.44. The quantitative estimate of drug-likeness (QED) is 0.741. The van der Waals surface area contributed by atoms with Crippen LogP contribution >= 0.6 is 11.8 Å². The second-order valence-electron chi connectivity index (χ2n) is 5.68. The van der Waals surface area contributed by atoms with Gasteiger partial charge in [-0.15, -0.1) is 11.8 Å². The number of hydrogen-bond acceptors (Lipinski definition) is 3. The van der Waals surface area contributed by atoms with E-state index < -0.39 is 0 Å². The highest BCUT2D eigenvalue weighted by Gasteiger charge is 2.26. The minimum Gasteiger partial charge on any atom is -0.489 e. The zero-order valence-electron chi connectivity index (χ0n) is 12.6. The molecule has 2 rings (SSSR count). The minimum atomic E-state index is 0.259. The molecule has 2 nitrogen and oxygen atoms in total. The van der Waals surface area contributed by atoms with Gasteiger partial charge in [0.1, 0.15) is 17.4 Å². The predicted molar refractivity (Wildman–Crippen MR) is 84.2 cm³/mol. The van der Waals surface area contributed by atoms with Crippen molar-refractivity contribution in [2.75, 3.05) is 5.75 Å². The first-order chi connectivity index (χ1) is 9.65. The van der Waals surface area contributed by atoms with E-state index in [-0.39, 0.29) is 6.10 Å². The minimum absolute atomic E-state index is 0.259. The standard InChI is InChI=1S/C17H23NOS/c1-4-20-17-7-5-6-16(15(17)11-18)19-14-9-8-12(2)13(3)10-14/h5-7,12-14H,4,8-10H2,1-3H3. The molecule has 0 spiro atoms. The fourth-order valence-electron chi connectivity index (χ4n) is 2.78. The fourth-order valence-corrected chi connectivity index (χ4v) is 3.56. The largest absolute Gasteiger partial charge is 0.489 e. The molecule has 3 unspecified atom stereocenters. The molecular weight excluding hydrogens is 266 g/mol. The molecule has 108 valence electrons. The second-order valence-corrected chi connectivity index (χ2v) is 6.99. The molecule has 0 radical (unpaired) electrons. The lowest BCUT2D eigenvalue weighted by Crippen LogP contribution is -2.29. The van der Waals surface area contributed by atoms with Gasteiger partial charge >= 0.3 is 0 Å². The summed E-state index contributed by atoms with van der Waals surface area (Å²) in [6.45, 7) is 6.72. The van der Waals surface area contributed by atoms with E-state index in [4.69, 9.17) is 4.74 Å². The van der Waals surface area contributed by atoms with Crippen molar-refractivity contribution in [1.82, 2.24) is 0 Å². The van der Waals surface area contributed by atoms with Crippen molar-refractivity contribution in [3.63, 3.8) is 0 Å². The summed E-state index contributed by atoms with van der Waals surface area (Å²) in [7, 11) is 0. The van der Waals surface area contributed by atoms with Gasteiger partial charge in [0, 0.05) is 4.90 Å². The first kappa shape index (κ1) is 15.3. The summed E-state index contributed by atoms with van der Waals surface area (Å²) in [5.74, 6) is 3.22. The first-order valence-electron chi connectivity index (χ1n) is 7.48. The Bertz CT molecular complexity index is 494. The Labute approximate surface area is 126 Å². The SMILES string of the molecule is CCSc1cccc(OC2CCC(C)C(C)C2)c1C#N. The smallest absolute Gasteiger partial charge is 0.138 e. The van der Waals surface area contributed by atoms with Crippen LogP contribution < -0.4 is 4.74 Å². The molecule has 1 saturated carbocycles. The summed E-state index contributed by atoms with van der Waals surface area (Å²) in [5.41, 5.74) is 0.700. The molecule has 1 aromatic carbocycles. The number of thioether (sulfide) groups is 1. The molecule has 3 atom stereocenters. The summed E-state index contributed by atoms with van der Waals surface area (Å²) >= 11 is 1.70. The van der Waals surface area contributed by atoms with E-state index in [9.17, 15) is 5.26 Å². The molecule has 1 aliphatic rings. The molecule has 0 amide bonds. The number of benzene rings is 1. The van der Waals surface area contributed by atoms with Crippen LogP contribution in [0.3, 0.4) is 0 Å². The molecule has 1 aromatic rings. The lowest BCUT2D eigenvalue weighted by Gasteiger charge is -2.32. The molecule has 20 heavy (non-hydrogen) atoms. The Hall–Kier alpha value is -1.14. The summed E-state index contributed by atoms with van der Waals surface area (Å²) < 4.78 is 6.15. The molecule has 0 saturated heterocycles. The first-order valence-corrected chi connectivity index (χ1v) is 8.46. The molecule has 0 heterocycles. The van der Waals surface area contributed by atoms with Crippen LogP contribution in [0, 0.1) is 23.2 Å². The Morgan fingerprint density at radius 2 is 2.10 bits per heavy atom. The molecule has 0 aromatic heterocycles. The van der Waals surface area contributed by atoms with Gasteiger partial charge in [-0.05, 0) is 49.0 Å². The van der Waals surface area contributed by atoms with Crippen LogP contribution in [0.1, 0.15) is 45.6 Å². The van der Waals surface area contributed by atoms with Crippen LogP contribution in [0.4, 0.5) is 0 Å². The van der Waals surface area contributed by atoms with Crippen molar-refractivity contribution in [3.05, 3.63) is 23.8 Å². The molecule has 1 aliphatic carbocycles. The van der Waals surface area contributed by atoms with Gasteiger partial charge < -0.3 is 4.74 Å². The third kappa shape index (κ3) is 3.49. The number of ether oxygens (including phenoxy) is 1. The molecular formula is C17H23NOS. The van der Waals surface area contributed by atoms with E-state index in [2.05, 4.69) is 26.8 Å². The topological polar surface area (TPSA) is 33.0 Å². The predicted octanol–water partition coefficient (Wildman–Crippen LogP) is 4.87. The summed E-state index contributed by atoms with van der Waals surface area (Å²) in [5, 5.41) is 9.41. The van der Waals surface area contributed by atoms with E-state index in [1.165, 1.54) is 6.42 Å². The van der Waals surface area contributed by atoms with Gasteiger partial charge in [0.05, 0.1) is 6.10 Å².